The lowest BCUT2D eigenvalue weighted by molar-refractivity contribution is 1.41. The lowest BCUT2D eigenvalue weighted by Gasteiger charge is -2.00. The summed E-state index contributed by atoms with van der Waals surface area (Å²) in [6.07, 6.45) is 1.98. The van der Waals surface area contributed by atoms with Crippen LogP contribution in [0.25, 0.3) is 6.08 Å². The van der Waals surface area contributed by atoms with E-state index in [0.717, 1.165) is 15.8 Å². The van der Waals surface area contributed by atoms with Crippen molar-refractivity contribution < 1.29 is 0 Å². The van der Waals surface area contributed by atoms with Gasteiger partial charge in [-0.2, -0.15) is 0 Å². The van der Waals surface area contributed by atoms with E-state index in [2.05, 4.69) is 28.1 Å². The second-order valence-electron chi connectivity index (χ2n) is 3.88. The SMILES string of the molecule is Clc1cccc(/C=C\SCc2ccc(Br)cc2)c1Cl. The van der Waals surface area contributed by atoms with Gasteiger partial charge in [0, 0.05) is 10.2 Å². The highest BCUT2D eigenvalue weighted by atomic mass is 79.9. The molecular weight excluding hydrogens is 363 g/mol. The predicted octanol–water partition coefficient (Wildman–Crippen LogP) is 6.66. The lowest BCUT2D eigenvalue weighted by atomic mass is 10.2. The highest BCUT2D eigenvalue weighted by Crippen LogP contribution is 2.27. The quantitative estimate of drug-likeness (QED) is 0.577. The first-order valence-electron chi connectivity index (χ1n) is 5.63. The molecule has 0 aliphatic heterocycles. The monoisotopic (exact) mass is 372 g/mol. The summed E-state index contributed by atoms with van der Waals surface area (Å²) in [5.41, 5.74) is 2.23. The van der Waals surface area contributed by atoms with Crippen molar-refractivity contribution in [1.82, 2.24) is 0 Å². The van der Waals surface area contributed by atoms with Gasteiger partial charge in [0.15, 0.2) is 0 Å². The summed E-state index contributed by atoms with van der Waals surface area (Å²) in [6.45, 7) is 0. The maximum Gasteiger partial charge on any atom is 0.0664 e. The van der Waals surface area contributed by atoms with Gasteiger partial charge in [-0.25, -0.2) is 0 Å². The van der Waals surface area contributed by atoms with Crippen LogP contribution < -0.4 is 0 Å². The Balaban J connectivity index is 1.93. The molecule has 0 atom stereocenters. The maximum atomic E-state index is 6.11. The second kappa shape index (κ2) is 7.39. The Hall–Kier alpha value is -0.410. The average Bonchev–Trinajstić information content (AvgIpc) is 2.41. The fourth-order valence-electron chi connectivity index (χ4n) is 1.50. The van der Waals surface area contributed by atoms with E-state index < -0.39 is 0 Å². The van der Waals surface area contributed by atoms with Gasteiger partial charge in [0.25, 0.3) is 0 Å². The molecule has 4 heteroatoms. The Morgan fingerprint density at radius 1 is 1.05 bits per heavy atom. The molecule has 0 heterocycles. The number of benzene rings is 2. The molecule has 98 valence electrons. The molecule has 0 aliphatic carbocycles. The molecule has 2 aromatic rings. The largest absolute Gasteiger partial charge is 0.129 e. The van der Waals surface area contributed by atoms with Crippen molar-refractivity contribution in [3.05, 3.63) is 73.5 Å². The average molecular weight is 374 g/mol. The highest BCUT2D eigenvalue weighted by molar-refractivity contribution is 9.10. The van der Waals surface area contributed by atoms with Gasteiger partial charge < -0.3 is 0 Å². The van der Waals surface area contributed by atoms with Gasteiger partial charge in [-0.15, -0.1) is 11.8 Å². The molecule has 2 aromatic carbocycles. The molecule has 0 aromatic heterocycles. The van der Waals surface area contributed by atoms with Gasteiger partial charge in [0.05, 0.1) is 10.0 Å². The van der Waals surface area contributed by atoms with Crippen LogP contribution >= 0.6 is 50.9 Å². The van der Waals surface area contributed by atoms with Gasteiger partial charge in [-0.3, -0.25) is 0 Å². The van der Waals surface area contributed by atoms with E-state index in [1.54, 1.807) is 17.8 Å². The lowest BCUT2D eigenvalue weighted by Crippen LogP contribution is -1.78. The summed E-state index contributed by atoms with van der Waals surface area (Å²) in [6, 6.07) is 13.9. The molecular formula is C15H11BrCl2S. The summed E-state index contributed by atoms with van der Waals surface area (Å²) in [7, 11) is 0. The fraction of sp³-hybridized carbons (Fsp3) is 0.0667. The van der Waals surface area contributed by atoms with Crippen molar-refractivity contribution in [2.45, 2.75) is 5.75 Å². The molecule has 0 N–H and O–H groups in total. The van der Waals surface area contributed by atoms with Crippen molar-refractivity contribution in [3.8, 4) is 0 Å². The normalized spacial score (nSPS) is 11.1. The van der Waals surface area contributed by atoms with Crippen LogP contribution in [0.4, 0.5) is 0 Å². The topological polar surface area (TPSA) is 0 Å². The molecule has 0 radical (unpaired) electrons. The standard InChI is InChI=1S/C15H11BrCl2S/c16-13-6-4-11(5-7-13)10-19-9-8-12-2-1-3-14(17)15(12)18/h1-9H,10H2/b9-8-. The Bertz CT molecular complexity index is 579. The van der Waals surface area contributed by atoms with E-state index in [1.165, 1.54) is 5.56 Å². The minimum absolute atomic E-state index is 0.585. The van der Waals surface area contributed by atoms with Crippen LogP contribution in [0.1, 0.15) is 11.1 Å². The minimum atomic E-state index is 0.585. The van der Waals surface area contributed by atoms with E-state index in [9.17, 15) is 0 Å². The third-order valence-corrected chi connectivity index (χ3v) is 4.68. The molecule has 0 saturated heterocycles. The van der Waals surface area contributed by atoms with Crippen LogP contribution in [0.15, 0.2) is 52.3 Å². The number of hydrogen-bond acceptors (Lipinski definition) is 1. The molecule has 0 amide bonds. The van der Waals surface area contributed by atoms with Gasteiger partial charge >= 0.3 is 0 Å². The van der Waals surface area contributed by atoms with E-state index in [4.69, 9.17) is 23.2 Å². The number of thioether (sulfide) groups is 1. The molecule has 2 rings (SSSR count). The second-order valence-corrected chi connectivity index (χ2v) is 6.48. The van der Waals surface area contributed by atoms with E-state index in [0.29, 0.717) is 10.0 Å². The van der Waals surface area contributed by atoms with E-state index >= 15 is 0 Å². The molecule has 0 aliphatic rings. The van der Waals surface area contributed by atoms with Crippen LogP contribution in [0.2, 0.25) is 10.0 Å². The number of hydrogen-bond donors (Lipinski definition) is 0. The van der Waals surface area contributed by atoms with Gasteiger partial charge in [-0.1, -0.05) is 63.4 Å². The summed E-state index contributed by atoms with van der Waals surface area (Å²) in [4.78, 5) is 0. The summed E-state index contributed by atoms with van der Waals surface area (Å²) in [5, 5.41) is 3.23. The third kappa shape index (κ3) is 4.57. The Kier molecular flexibility index (Phi) is 5.83. The molecule has 0 unspecified atom stereocenters. The van der Waals surface area contributed by atoms with Gasteiger partial charge in [-0.05, 0) is 40.8 Å². The zero-order valence-corrected chi connectivity index (χ0v) is 13.9. The van der Waals surface area contributed by atoms with Crippen LogP contribution in [-0.4, -0.2) is 0 Å². The summed E-state index contributed by atoms with van der Waals surface area (Å²) >= 11 is 17.2. The van der Waals surface area contributed by atoms with Crippen molar-refractivity contribution in [3.63, 3.8) is 0 Å². The zero-order chi connectivity index (χ0) is 13.7. The van der Waals surface area contributed by atoms with Crippen molar-refractivity contribution in [1.29, 1.82) is 0 Å². The van der Waals surface area contributed by atoms with Gasteiger partial charge in [0.1, 0.15) is 0 Å². The molecule has 19 heavy (non-hydrogen) atoms. The Labute approximate surface area is 135 Å². The Morgan fingerprint density at radius 2 is 1.79 bits per heavy atom. The Morgan fingerprint density at radius 3 is 2.53 bits per heavy atom. The fourth-order valence-corrected chi connectivity index (χ4v) is 2.85. The smallest absolute Gasteiger partial charge is 0.0664 e. The molecule has 0 bridgehead atoms. The van der Waals surface area contributed by atoms with Crippen molar-refractivity contribution in [2.75, 3.05) is 0 Å². The van der Waals surface area contributed by atoms with Crippen molar-refractivity contribution >= 4 is 57.0 Å². The molecule has 0 fully saturated rings. The first-order valence-corrected chi connectivity index (χ1v) is 8.23. The summed E-state index contributed by atoms with van der Waals surface area (Å²) in [5.74, 6) is 0.933. The van der Waals surface area contributed by atoms with Crippen LogP contribution in [-0.2, 0) is 5.75 Å². The van der Waals surface area contributed by atoms with Crippen molar-refractivity contribution in [2.24, 2.45) is 0 Å². The number of rotatable bonds is 4. The molecule has 0 nitrogen and oxygen atoms in total. The highest BCUT2D eigenvalue weighted by Gasteiger charge is 2.00. The van der Waals surface area contributed by atoms with Gasteiger partial charge in [0.2, 0.25) is 0 Å². The van der Waals surface area contributed by atoms with Crippen LogP contribution in [0, 0.1) is 0 Å². The third-order valence-electron chi connectivity index (χ3n) is 2.49. The minimum Gasteiger partial charge on any atom is -0.129 e. The predicted molar refractivity (Wildman–Crippen MR) is 90.9 cm³/mol. The van der Waals surface area contributed by atoms with E-state index in [-0.39, 0.29) is 0 Å². The number of halogens is 3. The maximum absolute atomic E-state index is 6.11. The zero-order valence-electron chi connectivity index (χ0n) is 9.95. The summed E-state index contributed by atoms with van der Waals surface area (Å²) < 4.78 is 1.10. The van der Waals surface area contributed by atoms with E-state index in [1.807, 2.05) is 35.7 Å². The molecule has 0 spiro atoms. The first-order chi connectivity index (χ1) is 9.16. The first kappa shape index (κ1) is 15.0. The van der Waals surface area contributed by atoms with Crippen LogP contribution in [0.5, 0.6) is 0 Å². The molecule has 0 saturated carbocycles. The van der Waals surface area contributed by atoms with Crippen LogP contribution in [0.3, 0.4) is 0 Å².